The number of anilines is 1. The summed E-state index contributed by atoms with van der Waals surface area (Å²) in [6.45, 7) is 4.38. The summed E-state index contributed by atoms with van der Waals surface area (Å²) in [5.74, 6) is -0.0701. The number of carbonyl (C=O) groups excluding carboxylic acids is 3. The third-order valence-corrected chi connectivity index (χ3v) is 6.55. The molecule has 0 aliphatic carbocycles. The maximum absolute atomic E-state index is 13.3. The van der Waals surface area contributed by atoms with Crippen LogP contribution in [-0.4, -0.2) is 54.5 Å². The molecule has 1 saturated heterocycles. The van der Waals surface area contributed by atoms with Crippen LogP contribution in [0.3, 0.4) is 0 Å². The zero-order valence-electron chi connectivity index (χ0n) is 20.5. The van der Waals surface area contributed by atoms with Gasteiger partial charge >= 0.3 is 0 Å². The highest BCUT2D eigenvalue weighted by atomic mass is 16.5. The monoisotopic (exact) mass is 479 g/mol. The molecule has 8 heteroatoms. The van der Waals surface area contributed by atoms with E-state index >= 15 is 0 Å². The molecule has 35 heavy (non-hydrogen) atoms. The van der Waals surface area contributed by atoms with Crippen LogP contribution in [0.2, 0.25) is 0 Å². The predicted molar refractivity (Wildman–Crippen MR) is 132 cm³/mol. The first-order valence-electron chi connectivity index (χ1n) is 12.1. The maximum Gasteiger partial charge on any atom is 0.257 e. The largest absolute Gasteiger partial charge is 0.490 e. The molecular formula is C27H33N3O5. The van der Waals surface area contributed by atoms with Crippen LogP contribution < -0.4 is 15.4 Å². The van der Waals surface area contributed by atoms with Crippen molar-refractivity contribution in [2.45, 2.75) is 57.9 Å². The third-order valence-electron chi connectivity index (χ3n) is 6.55. The molecule has 4 rings (SSSR count). The summed E-state index contributed by atoms with van der Waals surface area (Å²) in [6, 6.07) is 14.7. The van der Waals surface area contributed by atoms with Gasteiger partial charge in [0, 0.05) is 25.2 Å². The van der Waals surface area contributed by atoms with Crippen molar-refractivity contribution >= 4 is 23.4 Å². The highest BCUT2D eigenvalue weighted by Gasteiger charge is 2.39. The summed E-state index contributed by atoms with van der Waals surface area (Å²) in [5.41, 5.74) is 2.02. The first-order valence-corrected chi connectivity index (χ1v) is 12.1. The first-order chi connectivity index (χ1) is 16.8. The van der Waals surface area contributed by atoms with Crippen molar-refractivity contribution in [1.29, 1.82) is 0 Å². The van der Waals surface area contributed by atoms with Gasteiger partial charge < -0.3 is 25.0 Å². The van der Waals surface area contributed by atoms with Crippen LogP contribution in [0.15, 0.2) is 48.5 Å². The van der Waals surface area contributed by atoms with Crippen molar-refractivity contribution in [3.8, 4) is 5.75 Å². The van der Waals surface area contributed by atoms with Crippen molar-refractivity contribution in [2.24, 2.45) is 5.92 Å². The fraction of sp³-hybridized carbons (Fsp3) is 0.444. The Balaban J connectivity index is 1.39. The number of likely N-dealkylation sites (N-methyl/N-ethyl adjacent to an activating group) is 1. The van der Waals surface area contributed by atoms with Gasteiger partial charge in [-0.15, -0.1) is 0 Å². The Morgan fingerprint density at radius 1 is 1.11 bits per heavy atom. The topological polar surface area (TPSA) is 97.0 Å². The number of nitrogens with one attached hydrogen (secondary N) is 2. The quantitative estimate of drug-likeness (QED) is 0.662. The second-order valence-electron chi connectivity index (χ2n) is 9.49. The molecule has 2 aromatic rings. The number of nitrogens with zero attached hydrogens (tertiary/aromatic N) is 1. The number of carbonyl (C=O) groups is 3. The molecule has 0 unspecified atom stereocenters. The van der Waals surface area contributed by atoms with Crippen LogP contribution in [0.4, 0.5) is 5.69 Å². The average molecular weight is 480 g/mol. The van der Waals surface area contributed by atoms with Gasteiger partial charge in [0.15, 0.2) is 0 Å². The molecule has 0 bridgehead atoms. The number of rotatable bonds is 6. The Labute approximate surface area is 206 Å². The van der Waals surface area contributed by atoms with Gasteiger partial charge in [0.1, 0.15) is 18.5 Å². The summed E-state index contributed by atoms with van der Waals surface area (Å²) in [5, 5.41) is 5.79. The normalized spacial score (nSPS) is 21.8. The minimum Gasteiger partial charge on any atom is -0.490 e. The Hall–Kier alpha value is -3.39. The lowest BCUT2D eigenvalue weighted by molar-refractivity contribution is -0.134. The number of amides is 3. The van der Waals surface area contributed by atoms with Crippen LogP contribution in [0.5, 0.6) is 5.75 Å². The molecular weight excluding hydrogens is 446 g/mol. The minimum atomic E-state index is -0.335. The Kier molecular flexibility index (Phi) is 7.70. The standard InChI is InChI=1S/C27H33N3O5/c1-17(2)26(32)29-19-9-12-23-21(13-19)27(33)30(3)22-11-10-20(35-24(22)16-34-23)14-25(31)28-15-18-7-5-4-6-8-18/h4-9,12-13,17,20,22,24H,10-11,14-16H2,1-3H3,(H,28,31)(H,29,32)/t20-,22+,24-/m1/s1. The van der Waals surface area contributed by atoms with E-state index in [2.05, 4.69) is 10.6 Å². The molecule has 2 aromatic carbocycles. The average Bonchev–Trinajstić information content (AvgIpc) is 2.86. The number of hydrogen-bond acceptors (Lipinski definition) is 5. The third kappa shape index (κ3) is 6.00. The van der Waals surface area contributed by atoms with Crippen molar-refractivity contribution < 1.29 is 23.9 Å². The van der Waals surface area contributed by atoms with E-state index < -0.39 is 0 Å². The summed E-state index contributed by atoms with van der Waals surface area (Å²) in [7, 11) is 1.77. The fourth-order valence-corrected chi connectivity index (χ4v) is 4.47. The molecule has 0 saturated carbocycles. The number of ether oxygens (including phenoxy) is 2. The van der Waals surface area contributed by atoms with Crippen molar-refractivity contribution in [3.63, 3.8) is 0 Å². The van der Waals surface area contributed by atoms with Gasteiger partial charge in [-0.05, 0) is 36.6 Å². The molecule has 2 aliphatic rings. The SMILES string of the molecule is CC(C)C(=O)Nc1ccc2c(c1)C(=O)N(C)[C@H]1CC[C@H](CC(=O)NCc3ccccc3)O[C@@H]1CO2. The second kappa shape index (κ2) is 10.9. The Morgan fingerprint density at radius 2 is 1.89 bits per heavy atom. The van der Waals surface area contributed by atoms with Crippen molar-refractivity contribution in [3.05, 3.63) is 59.7 Å². The summed E-state index contributed by atoms with van der Waals surface area (Å²) >= 11 is 0. The van der Waals surface area contributed by atoms with Gasteiger partial charge in [-0.25, -0.2) is 0 Å². The van der Waals surface area contributed by atoms with Gasteiger partial charge in [-0.1, -0.05) is 44.2 Å². The zero-order chi connectivity index (χ0) is 24.9. The Morgan fingerprint density at radius 3 is 2.63 bits per heavy atom. The van der Waals surface area contributed by atoms with E-state index in [9.17, 15) is 14.4 Å². The van der Waals surface area contributed by atoms with Crippen molar-refractivity contribution in [2.75, 3.05) is 19.0 Å². The molecule has 2 heterocycles. The lowest BCUT2D eigenvalue weighted by Gasteiger charge is -2.42. The highest BCUT2D eigenvalue weighted by molar-refractivity contribution is 6.00. The van der Waals surface area contributed by atoms with Gasteiger partial charge in [0.2, 0.25) is 11.8 Å². The number of benzene rings is 2. The van der Waals surface area contributed by atoms with Crippen molar-refractivity contribution in [1.82, 2.24) is 10.2 Å². The minimum absolute atomic E-state index is 0.0604. The van der Waals surface area contributed by atoms with Crippen LogP contribution >= 0.6 is 0 Å². The van der Waals surface area contributed by atoms with Crippen LogP contribution in [0, 0.1) is 5.92 Å². The summed E-state index contributed by atoms with van der Waals surface area (Å²) in [6.07, 6.45) is 1.09. The maximum atomic E-state index is 13.3. The lowest BCUT2D eigenvalue weighted by atomic mass is 9.94. The van der Waals surface area contributed by atoms with E-state index in [0.29, 0.717) is 36.4 Å². The number of fused-ring (bicyclic) bond motifs is 2. The highest BCUT2D eigenvalue weighted by Crippen LogP contribution is 2.32. The van der Waals surface area contributed by atoms with Crippen LogP contribution in [0.25, 0.3) is 0 Å². The molecule has 0 radical (unpaired) electrons. The van der Waals surface area contributed by atoms with Crippen LogP contribution in [0.1, 0.15) is 49.0 Å². The second-order valence-corrected chi connectivity index (χ2v) is 9.49. The van der Waals surface area contributed by atoms with Gasteiger partial charge in [-0.3, -0.25) is 14.4 Å². The molecule has 1 fully saturated rings. The summed E-state index contributed by atoms with van der Waals surface area (Å²) in [4.78, 5) is 39.6. The van der Waals surface area contributed by atoms with Gasteiger partial charge in [0.25, 0.3) is 5.91 Å². The molecule has 0 aromatic heterocycles. The van der Waals surface area contributed by atoms with E-state index in [0.717, 1.165) is 5.56 Å². The molecule has 186 valence electrons. The lowest BCUT2D eigenvalue weighted by Crippen LogP contribution is -2.53. The van der Waals surface area contributed by atoms with E-state index in [1.165, 1.54) is 0 Å². The van der Waals surface area contributed by atoms with Gasteiger partial charge in [0.05, 0.1) is 24.1 Å². The molecule has 8 nitrogen and oxygen atoms in total. The molecule has 2 N–H and O–H groups in total. The van der Waals surface area contributed by atoms with Crippen LogP contribution in [-0.2, 0) is 20.9 Å². The molecule has 0 spiro atoms. The zero-order valence-corrected chi connectivity index (χ0v) is 20.5. The predicted octanol–water partition coefficient (Wildman–Crippen LogP) is 3.37. The molecule has 3 atom stereocenters. The number of hydrogen-bond donors (Lipinski definition) is 2. The van der Waals surface area contributed by atoms with Gasteiger partial charge in [-0.2, -0.15) is 0 Å². The smallest absolute Gasteiger partial charge is 0.257 e. The molecule has 3 amide bonds. The molecule has 2 aliphatic heterocycles. The summed E-state index contributed by atoms with van der Waals surface area (Å²) < 4.78 is 12.2. The first kappa shape index (κ1) is 24.7. The van der Waals surface area contributed by atoms with E-state index in [-0.39, 0.29) is 54.9 Å². The Bertz CT molecular complexity index is 1070. The van der Waals surface area contributed by atoms with E-state index in [1.54, 1.807) is 30.1 Å². The van der Waals surface area contributed by atoms with E-state index in [1.807, 2.05) is 44.2 Å². The fourth-order valence-electron chi connectivity index (χ4n) is 4.47. The van der Waals surface area contributed by atoms with E-state index in [4.69, 9.17) is 9.47 Å².